The van der Waals surface area contributed by atoms with Crippen molar-refractivity contribution in [2.24, 2.45) is 0 Å². The lowest BCUT2D eigenvalue weighted by Crippen LogP contribution is -2.30. The maximum atomic E-state index is 13.3. The molecule has 0 bridgehead atoms. The highest BCUT2D eigenvalue weighted by Crippen LogP contribution is 2.25. The Bertz CT molecular complexity index is 646. The molecule has 5 heteroatoms. The first-order valence-corrected chi connectivity index (χ1v) is 6.88. The number of rotatable bonds is 3. The van der Waals surface area contributed by atoms with Crippen molar-refractivity contribution in [3.05, 3.63) is 58.3 Å². The molecule has 1 N–H and O–H groups in total. The van der Waals surface area contributed by atoms with E-state index in [1.165, 1.54) is 35.2 Å². The lowest BCUT2D eigenvalue weighted by atomic mass is 10.1. The summed E-state index contributed by atoms with van der Waals surface area (Å²) in [5, 5.41) is 9.50. The maximum absolute atomic E-state index is 13.3. The van der Waals surface area contributed by atoms with Crippen LogP contribution in [0.5, 0.6) is 5.75 Å². The molecule has 0 heterocycles. The second-order valence-electron chi connectivity index (χ2n) is 4.19. The number of anilines is 1. The minimum atomic E-state index is -0.469. The van der Waals surface area contributed by atoms with Gasteiger partial charge in [0.2, 0.25) is 0 Å². The van der Waals surface area contributed by atoms with Gasteiger partial charge in [-0.3, -0.25) is 4.79 Å². The molecule has 0 aliphatic carbocycles. The molecule has 2 aromatic carbocycles. The lowest BCUT2D eigenvalue weighted by molar-refractivity contribution is 0.0987. The summed E-state index contributed by atoms with van der Waals surface area (Å²) in [5.74, 6) is -0.722. The number of carbonyl (C=O) groups excluding carboxylic acids is 1. The summed E-state index contributed by atoms with van der Waals surface area (Å²) < 4.78 is 13.8. The largest absolute Gasteiger partial charge is 0.508 e. The van der Waals surface area contributed by atoms with Crippen LogP contribution in [0.1, 0.15) is 17.3 Å². The van der Waals surface area contributed by atoms with Crippen molar-refractivity contribution < 1.29 is 14.3 Å². The summed E-state index contributed by atoms with van der Waals surface area (Å²) in [7, 11) is 0. The Balaban J connectivity index is 2.41. The summed E-state index contributed by atoms with van der Waals surface area (Å²) in [6, 6.07) is 10.4. The zero-order valence-corrected chi connectivity index (χ0v) is 12.4. The highest BCUT2D eigenvalue weighted by atomic mass is 79.9. The van der Waals surface area contributed by atoms with Gasteiger partial charge in [-0.1, -0.05) is 6.07 Å². The summed E-state index contributed by atoms with van der Waals surface area (Å²) in [6.45, 7) is 2.22. The predicted octanol–water partition coefficient (Wildman–Crippen LogP) is 3.96. The van der Waals surface area contributed by atoms with Gasteiger partial charge in [-0.15, -0.1) is 0 Å². The fourth-order valence-electron chi connectivity index (χ4n) is 1.91. The van der Waals surface area contributed by atoms with Gasteiger partial charge in [0.25, 0.3) is 5.91 Å². The van der Waals surface area contributed by atoms with Gasteiger partial charge in [0, 0.05) is 22.8 Å². The lowest BCUT2D eigenvalue weighted by Gasteiger charge is -2.22. The van der Waals surface area contributed by atoms with E-state index in [1.807, 2.05) is 6.92 Å². The summed E-state index contributed by atoms with van der Waals surface area (Å²) in [5.41, 5.74) is 0.809. The normalized spacial score (nSPS) is 10.3. The number of phenols is 1. The van der Waals surface area contributed by atoms with E-state index < -0.39 is 5.82 Å². The number of hydrogen-bond acceptors (Lipinski definition) is 2. The predicted molar refractivity (Wildman–Crippen MR) is 79.6 cm³/mol. The van der Waals surface area contributed by atoms with Crippen LogP contribution in [-0.2, 0) is 0 Å². The standard InChI is InChI=1S/C15H13BrFNO2/c1-2-18(11-4-3-5-12(19)9-11)15(20)13-8-10(17)6-7-14(13)16/h3-9,19H,2H2,1H3. The molecule has 0 atom stereocenters. The number of benzene rings is 2. The second-order valence-corrected chi connectivity index (χ2v) is 5.05. The van der Waals surface area contributed by atoms with Gasteiger partial charge in [0.05, 0.1) is 5.56 Å². The Hall–Kier alpha value is -1.88. The number of halogens is 2. The number of carbonyl (C=O) groups is 1. The minimum absolute atomic E-state index is 0.0760. The monoisotopic (exact) mass is 337 g/mol. The number of aromatic hydroxyl groups is 1. The quantitative estimate of drug-likeness (QED) is 0.920. The van der Waals surface area contributed by atoms with E-state index in [2.05, 4.69) is 15.9 Å². The molecule has 104 valence electrons. The van der Waals surface area contributed by atoms with Crippen LogP contribution in [0.25, 0.3) is 0 Å². The molecule has 0 radical (unpaired) electrons. The van der Waals surface area contributed by atoms with Crippen LogP contribution >= 0.6 is 15.9 Å². The molecule has 2 rings (SSSR count). The van der Waals surface area contributed by atoms with Crippen LogP contribution in [0.3, 0.4) is 0 Å². The van der Waals surface area contributed by atoms with Gasteiger partial charge in [-0.25, -0.2) is 4.39 Å². The fourth-order valence-corrected chi connectivity index (χ4v) is 2.33. The zero-order valence-electron chi connectivity index (χ0n) is 10.8. The van der Waals surface area contributed by atoms with Gasteiger partial charge in [0.15, 0.2) is 0 Å². The van der Waals surface area contributed by atoms with Crippen molar-refractivity contribution in [1.82, 2.24) is 0 Å². The van der Waals surface area contributed by atoms with E-state index in [0.29, 0.717) is 16.7 Å². The third-order valence-corrected chi connectivity index (χ3v) is 3.55. The summed E-state index contributed by atoms with van der Waals surface area (Å²) in [4.78, 5) is 14.0. The van der Waals surface area contributed by atoms with Crippen molar-refractivity contribution in [3.8, 4) is 5.75 Å². The van der Waals surface area contributed by atoms with Crippen LogP contribution in [0.15, 0.2) is 46.9 Å². The first kappa shape index (κ1) is 14.5. The van der Waals surface area contributed by atoms with E-state index in [9.17, 15) is 14.3 Å². The Kier molecular flexibility index (Phi) is 4.39. The summed E-state index contributed by atoms with van der Waals surface area (Å²) in [6.07, 6.45) is 0. The Morgan fingerprint density at radius 3 is 2.70 bits per heavy atom. The Morgan fingerprint density at radius 1 is 1.30 bits per heavy atom. The Labute approximate surface area is 124 Å². The highest BCUT2D eigenvalue weighted by Gasteiger charge is 2.19. The maximum Gasteiger partial charge on any atom is 0.259 e. The average molecular weight is 338 g/mol. The molecule has 0 unspecified atom stereocenters. The minimum Gasteiger partial charge on any atom is -0.508 e. The molecular formula is C15H13BrFNO2. The molecule has 2 aromatic rings. The fraction of sp³-hybridized carbons (Fsp3) is 0.133. The van der Waals surface area contributed by atoms with Crippen molar-refractivity contribution in [1.29, 1.82) is 0 Å². The summed E-state index contributed by atoms with van der Waals surface area (Å²) >= 11 is 3.25. The van der Waals surface area contributed by atoms with Gasteiger partial charge in [0.1, 0.15) is 11.6 Å². The molecule has 20 heavy (non-hydrogen) atoms. The smallest absolute Gasteiger partial charge is 0.259 e. The van der Waals surface area contributed by atoms with Crippen molar-refractivity contribution in [2.75, 3.05) is 11.4 Å². The van der Waals surface area contributed by atoms with Crippen LogP contribution < -0.4 is 4.90 Å². The second kappa shape index (κ2) is 6.05. The molecule has 0 aromatic heterocycles. The van der Waals surface area contributed by atoms with Gasteiger partial charge < -0.3 is 10.0 Å². The highest BCUT2D eigenvalue weighted by molar-refractivity contribution is 9.10. The van der Waals surface area contributed by atoms with Crippen molar-refractivity contribution >= 4 is 27.5 Å². The van der Waals surface area contributed by atoms with Crippen molar-refractivity contribution in [3.63, 3.8) is 0 Å². The van der Waals surface area contributed by atoms with Gasteiger partial charge >= 0.3 is 0 Å². The van der Waals surface area contributed by atoms with Crippen LogP contribution in [0.2, 0.25) is 0 Å². The topological polar surface area (TPSA) is 40.5 Å². The number of phenolic OH excluding ortho intramolecular Hbond substituents is 1. The molecule has 0 spiro atoms. The van der Waals surface area contributed by atoms with E-state index in [0.717, 1.165) is 0 Å². The molecule has 0 aliphatic heterocycles. The number of hydrogen-bond donors (Lipinski definition) is 1. The van der Waals surface area contributed by atoms with E-state index in [-0.39, 0.29) is 17.2 Å². The van der Waals surface area contributed by atoms with E-state index in [4.69, 9.17) is 0 Å². The molecule has 1 amide bonds. The zero-order chi connectivity index (χ0) is 14.7. The Morgan fingerprint density at radius 2 is 2.05 bits per heavy atom. The third-order valence-electron chi connectivity index (χ3n) is 2.86. The van der Waals surface area contributed by atoms with Crippen LogP contribution in [0, 0.1) is 5.82 Å². The van der Waals surface area contributed by atoms with E-state index in [1.54, 1.807) is 12.1 Å². The van der Waals surface area contributed by atoms with Crippen LogP contribution in [0.4, 0.5) is 10.1 Å². The first-order chi connectivity index (χ1) is 9.52. The molecule has 0 saturated carbocycles. The molecule has 3 nitrogen and oxygen atoms in total. The third kappa shape index (κ3) is 2.99. The number of amides is 1. The van der Waals surface area contributed by atoms with E-state index >= 15 is 0 Å². The van der Waals surface area contributed by atoms with Gasteiger partial charge in [-0.05, 0) is 53.2 Å². The van der Waals surface area contributed by atoms with Gasteiger partial charge in [-0.2, -0.15) is 0 Å². The molecular weight excluding hydrogens is 325 g/mol. The van der Waals surface area contributed by atoms with Crippen molar-refractivity contribution in [2.45, 2.75) is 6.92 Å². The average Bonchev–Trinajstić information content (AvgIpc) is 2.42. The SMILES string of the molecule is CCN(C(=O)c1cc(F)ccc1Br)c1cccc(O)c1. The molecule has 0 saturated heterocycles. The molecule has 0 aliphatic rings. The molecule has 0 fully saturated rings. The first-order valence-electron chi connectivity index (χ1n) is 6.09. The van der Waals surface area contributed by atoms with Crippen LogP contribution in [-0.4, -0.2) is 17.6 Å². The number of nitrogens with zero attached hydrogens (tertiary/aromatic N) is 1.